The van der Waals surface area contributed by atoms with Gasteiger partial charge in [-0.2, -0.15) is 0 Å². The van der Waals surface area contributed by atoms with Crippen molar-refractivity contribution < 1.29 is 18.3 Å². The Morgan fingerprint density at radius 1 is 1.25 bits per heavy atom. The molecule has 1 heterocycles. The molecule has 84 valence electrons. The molecule has 0 aliphatic rings. The molecule has 0 spiro atoms. The predicted octanol–water partition coefficient (Wildman–Crippen LogP) is 3.40. The number of furan rings is 1. The maximum Gasteiger partial charge on any atom is 0.146 e. The van der Waals surface area contributed by atoms with E-state index in [1.807, 2.05) is 0 Å². The molecule has 16 heavy (non-hydrogen) atoms. The van der Waals surface area contributed by atoms with Crippen molar-refractivity contribution in [1.82, 2.24) is 0 Å². The van der Waals surface area contributed by atoms with E-state index in [4.69, 9.17) is 4.42 Å². The van der Waals surface area contributed by atoms with Crippen LogP contribution in [0.3, 0.4) is 0 Å². The maximum absolute atomic E-state index is 13.6. The molecule has 2 nitrogen and oxygen atoms in total. The molecule has 0 saturated heterocycles. The fourth-order valence-electron chi connectivity index (χ4n) is 1.39. The lowest BCUT2D eigenvalue weighted by Gasteiger charge is -2.11. The molecule has 1 atom stereocenters. The largest absolute Gasteiger partial charge is 0.472 e. The average Bonchev–Trinajstić information content (AvgIpc) is 2.77. The standard InChI is InChI=1S/C11H7BrF2O2/c12-7-1-2-8(13)9(10(7)14)11(15)6-3-4-16-5-6/h1-5,11,15H. The van der Waals surface area contributed by atoms with Crippen LogP contribution in [0.15, 0.2) is 39.6 Å². The monoisotopic (exact) mass is 288 g/mol. The van der Waals surface area contributed by atoms with Gasteiger partial charge in [0.1, 0.15) is 17.7 Å². The van der Waals surface area contributed by atoms with Crippen molar-refractivity contribution in [3.8, 4) is 0 Å². The average molecular weight is 289 g/mol. The summed E-state index contributed by atoms with van der Waals surface area (Å²) in [6, 6.07) is 3.78. The minimum Gasteiger partial charge on any atom is -0.472 e. The van der Waals surface area contributed by atoms with Crippen LogP contribution in [0.25, 0.3) is 0 Å². The quantitative estimate of drug-likeness (QED) is 0.860. The van der Waals surface area contributed by atoms with Gasteiger partial charge in [-0.05, 0) is 34.1 Å². The molecule has 5 heteroatoms. The molecule has 0 amide bonds. The minimum absolute atomic E-state index is 0.103. The first-order chi connectivity index (χ1) is 7.61. The summed E-state index contributed by atoms with van der Waals surface area (Å²) in [5.41, 5.74) is -0.0910. The number of aliphatic hydroxyl groups is 1. The highest BCUT2D eigenvalue weighted by Crippen LogP contribution is 2.30. The van der Waals surface area contributed by atoms with Crippen molar-refractivity contribution >= 4 is 15.9 Å². The number of halogens is 3. The Hall–Kier alpha value is -1.20. The molecule has 1 aromatic carbocycles. The second kappa shape index (κ2) is 4.35. The van der Waals surface area contributed by atoms with E-state index in [2.05, 4.69) is 15.9 Å². The van der Waals surface area contributed by atoms with Crippen molar-refractivity contribution in [1.29, 1.82) is 0 Å². The van der Waals surface area contributed by atoms with Crippen LogP contribution in [-0.2, 0) is 0 Å². The zero-order valence-electron chi connectivity index (χ0n) is 7.95. The summed E-state index contributed by atoms with van der Waals surface area (Å²) in [5, 5.41) is 9.81. The molecule has 2 rings (SSSR count). The maximum atomic E-state index is 13.6. The number of benzene rings is 1. The van der Waals surface area contributed by atoms with Gasteiger partial charge in [-0.15, -0.1) is 0 Å². The van der Waals surface area contributed by atoms with Crippen LogP contribution in [-0.4, -0.2) is 5.11 Å². The van der Waals surface area contributed by atoms with Crippen LogP contribution in [0.5, 0.6) is 0 Å². The Balaban J connectivity index is 2.52. The lowest BCUT2D eigenvalue weighted by molar-refractivity contribution is 0.208. The first-order valence-electron chi connectivity index (χ1n) is 4.45. The Kier molecular flexibility index (Phi) is 3.07. The number of hydrogen-bond donors (Lipinski definition) is 1. The summed E-state index contributed by atoms with van der Waals surface area (Å²) in [5.74, 6) is -1.61. The van der Waals surface area contributed by atoms with E-state index >= 15 is 0 Å². The number of hydrogen-bond acceptors (Lipinski definition) is 2. The second-order valence-corrected chi connectivity index (χ2v) is 4.07. The van der Waals surface area contributed by atoms with E-state index in [0.29, 0.717) is 5.56 Å². The molecule has 0 aliphatic carbocycles. The van der Waals surface area contributed by atoms with Crippen LogP contribution >= 0.6 is 15.9 Å². The van der Waals surface area contributed by atoms with Gasteiger partial charge in [-0.3, -0.25) is 0 Å². The van der Waals surface area contributed by atoms with Gasteiger partial charge in [0.25, 0.3) is 0 Å². The molecule has 1 N–H and O–H groups in total. The van der Waals surface area contributed by atoms with E-state index in [1.165, 1.54) is 24.7 Å². The van der Waals surface area contributed by atoms with Crippen molar-refractivity contribution in [2.45, 2.75) is 6.10 Å². The lowest BCUT2D eigenvalue weighted by Crippen LogP contribution is -2.05. The lowest BCUT2D eigenvalue weighted by atomic mass is 10.0. The summed E-state index contributed by atoms with van der Waals surface area (Å²) in [4.78, 5) is 0. The Labute approximate surface area is 98.6 Å². The Bertz CT molecular complexity index is 497. The van der Waals surface area contributed by atoms with E-state index in [1.54, 1.807) is 0 Å². The van der Waals surface area contributed by atoms with Crippen LogP contribution in [0, 0.1) is 11.6 Å². The van der Waals surface area contributed by atoms with Gasteiger partial charge in [0.05, 0.1) is 22.6 Å². The molecule has 2 aromatic rings. The molecule has 0 aliphatic heterocycles. The third kappa shape index (κ3) is 1.88. The smallest absolute Gasteiger partial charge is 0.146 e. The number of rotatable bonds is 2. The third-order valence-electron chi connectivity index (χ3n) is 2.21. The highest BCUT2D eigenvalue weighted by Gasteiger charge is 2.22. The van der Waals surface area contributed by atoms with Crippen molar-refractivity contribution in [2.75, 3.05) is 0 Å². The van der Waals surface area contributed by atoms with Crippen molar-refractivity contribution in [3.63, 3.8) is 0 Å². The van der Waals surface area contributed by atoms with Crippen LogP contribution in [0.2, 0.25) is 0 Å². The van der Waals surface area contributed by atoms with E-state index in [0.717, 1.165) is 6.07 Å². The fourth-order valence-corrected chi connectivity index (χ4v) is 1.74. The molecular weight excluding hydrogens is 282 g/mol. The van der Waals surface area contributed by atoms with E-state index < -0.39 is 23.3 Å². The van der Waals surface area contributed by atoms with Gasteiger partial charge in [-0.1, -0.05) is 0 Å². The van der Waals surface area contributed by atoms with Crippen LogP contribution < -0.4 is 0 Å². The predicted molar refractivity (Wildman–Crippen MR) is 56.8 cm³/mol. The first-order valence-corrected chi connectivity index (χ1v) is 5.24. The topological polar surface area (TPSA) is 33.4 Å². The molecule has 1 aromatic heterocycles. The summed E-state index contributed by atoms with van der Waals surface area (Å²) in [6.45, 7) is 0. The minimum atomic E-state index is -1.38. The van der Waals surface area contributed by atoms with Gasteiger partial charge in [-0.25, -0.2) is 8.78 Å². The fraction of sp³-hybridized carbons (Fsp3) is 0.0909. The zero-order chi connectivity index (χ0) is 11.7. The highest BCUT2D eigenvalue weighted by molar-refractivity contribution is 9.10. The van der Waals surface area contributed by atoms with Gasteiger partial charge in [0.2, 0.25) is 0 Å². The molecule has 0 fully saturated rings. The van der Waals surface area contributed by atoms with Crippen molar-refractivity contribution in [3.05, 3.63) is 58.0 Å². The number of aliphatic hydroxyl groups excluding tert-OH is 1. The van der Waals surface area contributed by atoms with Crippen molar-refractivity contribution in [2.24, 2.45) is 0 Å². The van der Waals surface area contributed by atoms with Gasteiger partial charge < -0.3 is 9.52 Å². The SMILES string of the molecule is OC(c1ccoc1)c1c(F)ccc(Br)c1F. The Morgan fingerprint density at radius 3 is 2.62 bits per heavy atom. The normalized spacial score (nSPS) is 12.8. The summed E-state index contributed by atoms with van der Waals surface area (Å²) in [6.07, 6.45) is 1.19. The summed E-state index contributed by atoms with van der Waals surface area (Å²) >= 11 is 2.94. The molecule has 1 unspecified atom stereocenters. The van der Waals surface area contributed by atoms with Gasteiger partial charge >= 0.3 is 0 Å². The molecule has 0 saturated carbocycles. The zero-order valence-corrected chi connectivity index (χ0v) is 9.54. The Morgan fingerprint density at radius 2 is 2.00 bits per heavy atom. The molecule has 0 bridgehead atoms. The van der Waals surface area contributed by atoms with E-state index in [-0.39, 0.29) is 4.47 Å². The highest BCUT2D eigenvalue weighted by atomic mass is 79.9. The van der Waals surface area contributed by atoms with E-state index in [9.17, 15) is 13.9 Å². The summed E-state index contributed by atoms with van der Waals surface area (Å²) < 4.78 is 31.9. The van der Waals surface area contributed by atoms with Crippen LogP contribution in [0.1, 0.15) is 17.2 Å². The molecular formula is C11H7BrF2O2. The van der Waals surface area contributed by atoms with Gasteiger partial charge in [0, 0.05) is 5.56 Å². The second-order valence-electron chi connectivity index (χ2n) is 3.22. The first kappa shape index (κ1) is 11.3. The molecule has 0 radical (unpaired) electrons. The van der Waals surface area contributed by atoms with Gasteiger partial charge in [0.15, 0.2) is 0 Å². The summed E-state index contributed by atoms with van der Waals surface area (Å²) in [7, 11) is 0. The van der Waals surface area contributed by atoms with Crippen LogP contribution in [0.4, 0.5) is 8.78 Å². The third-order valence-corrected chi connectivity index (χ3v) is 2.82.